The number of aryl methyl sites for hydroxylation is 1. The van der Waals surface area contributed by atoms with Gasteiger partial charge in [0, 0.05) is 26.0 Å². The first-order chi connectivity index (χ1) is 10.3. The zero-order valence-corrected chi connectivity index (χ0v) is 13.3. The van der Waals surface area contributed by atoms with E-state index in [1.54, 1.807) is 24.8 Å². The summed E-state index contributed by atoms with van der Waals surface area (Å²) in [5.41, 5.74) is -0.344. The number of carbonyl (C=O) groups is 2. The Morgan fingerprint density at radius 2 is 2.05 bits per heavy atom. The Kier molecular flexibility index (Phi) is 4.63. The summed E-state index contributed by atoms with van der Waals surface area (Å²) in [5.74, 6) is -0.242. The van der Waals surface area contributed by atoms with Crippen molar-refractivity contribution in [1.82, 2.24) is 15.1 Å². The third-order valence-corrected chi connectivity index (χ3v) is 3.41. The first-order valence-electron chi connectivity index (χ1n) is 7.24. The Balaban J connectivity index is 1.93. The van der Waals surface area contributed by atoms with Crippen LogP contribution in [0.5, 0.6) is 5.88 Å². The van der Waals surface area contributed by atoms with Crippen molar-refractivity contribution in [3.8, 4) is 5.88 Å². The number of carbonyl (C=O) groups excluding carboxylic acids is 2. The lowest BCUT2D eigenvalue weighted by Crippen LogP contribution is -2.47. The maximum atomic E-state index is 12.4. The molecule has 1 fully saturated rings. The highest BCUT2D eigenvalue weighted by Crippen LogP contribution is 2.21. The lowest BCUT2D eigenvalue weighted by Gasteiger charge is -2.28. The molecular formula is C15H21N3O4. The van der Waals surface area contributed by atoms with E-state index in [9.17, 15) is 9.59 Å². The summed E-state index contributed by atoms with van der Waals surface area (Å²) in [6.07, 6.45) is 0.575. The summed E-state index contributed by atoms with van der Waals surface area (Å²) in [5, 5.41) is 7.89. The molecule has 1 aliphatic heterocycles. The number of nitrogens with zero attached hydrogens (tertiary/aromatic N) is 3. The van der Waals surface area contributed by atoms with Crippen LogP contribution in [0.1, 0.15) is 32.9 Å². The average Bonchev–Trinajstić information content (AvgIpc) is 2.87. The van der Waals surface area contributed by atoms with Crippen LogP contribution in [-0.4, -0.2) is 51.8 Å². The van der Waals surface area contributed by atoms with E-state index in [1.165, 1.54) is 6.92 Å². The summed E-state index contributed by atoms with van der Waals surface area (Å²) < 4.78 is 10.8. The van der Waals surface area contributed by atoms with Crippen LogP contribution in [-0.2, 0) is 14.3 Å². The molecule has 2 heterocycles. The maximum Gasteiger partial charge on any atom is 0.303 e. The molecule has 1 saturated heterocycles. The fourth-order valence-electron chi connectivity index (χ4n) is 2.41. The molecule has 1 amide bonds. The van der Waals surface area contributed by atoms with Gasteiger partial charge in [0.25, 0.3) is 5.91 Å². The molecule has 2 rings (SSSR count). The van der Waals surface area contributed by atoms with E-state index < -0.39 is 11.6 Å². The summed E-state index contributed by atoms with van der Waals surface area (Å²) in [4.78, 5) is 25.1. The lowest BCUT2D eigenvalue weighted by molar-refractivity contribution is -0.168. The van der Waals surface area contributed by atoms with Gasteiger partial charge in [0.2, 0.25) is 5.88 Å². The Bertz CT molecular complexity index is 556. The van der Waals surface area contributed by atoms with E-state index in [1.807, 2.05) is 13.0 Å². The molecule has 0 spiro atoms. The molecule has 7 heteroatoms. The molecule has 120 valence electrons. The number of hydrogen-bond donors (Lipinski definition) is 0. The van der Waals surface area contributed by atoms with Gasteiger partial charge in [0.1, 0.15) is 6.10 Å². The van der Waals surface area contributed by atoms with Crippen molar-refractivity contribution < 1.29 is 19.1 Å². The fraction of sp³-hybridized carbons (Fsp3) is 0.600. The van der Waals surface area contributed by atoms with Crippen molar-refractivity contribution in [2.75, 3.05) is 13.1 Å². The number of amides is 1. The quantitative estimate of drug-likeness (QED) is 0.775. The molecule has 0 aliphatic carbocycles. The van der Waals surface area contributed by atoms with Crippen LogP contribution in [0.3, 0.4) is 0 Å². The number of esters is 1. The zero-order chi connectivity index (χ0) is 16.3. The Hall–Kier alpha value is -2.18. The molecule has 1 aromatic heterocycles. The van der Waals surface area contributed by atoms with Gasteiger partial charge in [-0.25, -0.2) is 0 Å². The first-order valence-corrected chi connectivity index (χ1v) is 7.24. The lowest BCUT2D eigenvalue weighted by atomic mass is 10.1. The normalized spacial score (nSPS) is 18.2. The van der Waals surface area contributed by atoms with E-state index in [0.29, 0.717) is 25.4 Å². The van der Waals surface area contributed by atoms with Gasteiger partial charge in [-0.2, -0.15) is 5.10 Å². The van der Waals surface area contributed by atoms with Crippen LogP contribution in [0, 0.1) is 6.92 Å². The zero-order valence-electron chi connectivity index (χ0n) is 13.3. The first kappa shape index (κ1) is 16.2. The Morgan fingerprint density at radius 1 is 1.32 bits per heavy atom. The van der Waals surface area contributed by atoms with Crippen molar-refractivity contribution in [3.05, 3.63) is 17.8 Å². The van der Waals surface area contributed by atoms with Gasteiger partial charge in [-0.05, 0) is 26.8 Å². The summed E-state index contributed by atoms with van der Waals surface area (Å²) in [6, 6.07) is 3.58. The minimum atomic E-state index is -1.16. The summed E-state index contributed by atoms with van der Waals surface area (Å²) >= 11 is 0. The topological polar surface area (TPSA) is 81.6 Å². The van der Waals surface area contributed by atoms with Crippen molar-refractivity contribution in [2.24, 2.45) is 0 Å². The van der Waals surface area contributed by atoms with Crippen molar-refractivity contribution in [2.45, 2.75) is 45.8 Å². The average molecular weight is 307 g/mol. The van der Waals surface area contributed by atoms with Gasteiger partial charge in [0.05, 0.1) is 12.2 Å². The van der Waals surface area contributed by atoms with Crippen LogP contribution in [0.4, 0.5) is 0 Å². The van der Waals surface area contributed by atoms with Gasteiger partial charge in [0.15, 0.2) is 5.60 Å². The van der Waals surface area contributed by atoms with Crippen LogP contribution < -0.4 is 4.74 Å². The summed E-state index contributed by atoms with van der Waals surface area (Å²) in [7, 11) is 0. The highest BCUT2D eigenvalue weighted by atomic mass is 16.6. The molecule has 0 aromatic carbocycles. The van der Waals surface area contributed by atoms with E-state index >= 15 is 0 Å². The van der Waals surface area contributed by atoms with E-state index in [2.05, 4.69) is 10.2 Å². The van der Waals surface area contributed by atoms with Crippen LogP contribution in [0.2, 0.25) is 0 Å². The van der Waals surface area contributed by atoms with Crippen molar-refractivity contribution in [1.29, 1.82) is 0 Å². The van der Waals surface area contributed by atoms with Gasteiger partial charge >= 0.3 is 5.97 Å². The number of hydrogen-bond acceptors (Lipinski definition) is 6. The number of ether oxygens (including phenoxy) is 2. The minimum Gasteiger partial charge on any atom is -0.471 e. The number of likely N-dealkylation sites (tertiary alicyclic amines) is 1. The van der Waals surface area contributed by atoms with Crippen molar-refractivity contribution >= 4 is 11.9 Å². The van der Waals surface area contributed by atoms with Gasteiger partial charge < -0.3 is 14.4 Å². The van der Waals surface area contributed by atoms with Crippen LogP contribution >= 0.6 is 0 Å². The molecule has 1 aromatic rings. The molecule has 1 unspecified atom stereocenters. The summed E-state index contributed by atoms with van der Waals surface area (Å²) in [6.45, 7) is 7.34. The molecule has 0 radical (unpaired) electrons. The highest BCUT2D eigenvalue weighted by molar-refractivity contribution is 5.87. The maximum absolute atomic E-state index is 12.4. The second-order valence-electron chi connectivity index (χ2n) is 5.90. The van der Waals surface area contributed by atoms with Gasteiger partial charge in [-0.15, -0.1) is 5.10 Å². The SMILES string of the molecule is CC(=O)OC(C)(C)C(=O)N1CCC(Oc2ccc(C)nn2)C1. The van der Waals surface area contributed by atoms with Gasteiger partial charge in [-0.3, -0.25) is 9.59 Å². The predicted molar refractivity (Wildman–Crippen MR) is 78.2 cm³/mol. The molecule has 0 saturated carbocycles. The second kappa shape index (κ2) is 6.29. The largest absolute Gasteiger partial charge is 0.471 e. The van der Waals surface area contributed by atoms with Crippen LogP contribution in [0.25, 0.3) is 0 Å². The van der Waals surface area contributed by atoms with Gasteiger partial charge in [-0.1, -0.05) is 0 Å². The molecular weight excluding hydrogens is 286 g/mol. The van der Waals surface area contributed by atoms with Crippen molar-refractivity contribution in [3.63, 3.8) is 0 Å². The van der Waals surface area contributed by atoms with Crippen LogP contribution in [0.15, 0.2) is 12.1 Å². The Morgan fingerprint density at radius 3 is 2.64 bits per heavy atom. The monoisotopic (exact) mass is 307 g/mol. The predicted octanol–water partition coefficient (Wildman–Crippen LogP) is 1.11. The van der Waals surface area contributed by atoms with E-state index in [4.69, 9.17) is 9.47 Å². The standard InChI is InChI=1S/C15H21N3O4/c1-10-5-6-13(17-16-10)21-12-7-8-18(9-12)14(20)15(3,4)22-11(2)19/h5-6,12H,7-9H2,1-4H3. The molecule has 1 atom stereocenters. The molecule has 7 nitrogen and oxygen atoms in total. The molecule has 0 N–H and O–H groups in total. The van der Waals surface area contributed by atoms with E-state index in [0.717, 1.165) is 5.69 Å². The molecule has 22 heavy (non-hydrogen) atoms. The number of aromatic nitrogens is 2. The third-order valence-electron chi connectivity index (χ3n) is 3.41. The smallest absolute Gasteiger partial charge is 0.303 e. The minimum absolute atomic E-state index is 0.130. The number of rotatable bonds is 4. The molecule has 1 aliphatic rings. The third kappa shape index (κ3) is 3.93. The molecule has 0 bridgehead atoms. The fourth-order valence-corrected chi connectivity index (χ4v) is 2.41. The second-order valence-corrected chi connectivity index (χ2v) is 5.90. The van der Waals surface area contributed by atoms with E-state index in [-0.39, 0.29) is 12.0 Å². The highest BCUT2D eigenvalue weighted by Gasteiger charge is 2.38. The Labute approximate surface area is 129 Å².